The van der Waals surface area contributed by atoms with Gasteiger partial charge in [0.2, 0.25) is 5.91 Å². The summed E-state index contributed by atoms with van der Waals surface area (Å²) in [5.74, 6) is 0.0689. The molecule has 3 atom stereocenters. The normalized spacial score (nSPS) is 28.2. The van der Waals surface area contributed by atoms with Crippen LogP contribution in [0.4, 0.5) is 0 Å². The lowest BCUT2D eigenvalue weighted by Crippen LogP contribution is -2.57. The van der Waals surface area contributed by atoms with E-state index in [0.717, 1.165) is 0 Å². The predicted octanol–water partition coefficient (Wildman–Crippen LogP) is -0.422. The number of hydrogen-bond acceptors (Lipinski definition) is 4. The Labute approximate surface area is 96.6 Å². The molecule has 5 nitrogen and oxygen atoms in total. The number of carbonyl (C=O) groups excluding carboxylic acids is 1. The van der Waals surface area contributed by atoms with Crippen molar-refractivity contribution in [1.29, 1.82) is 0 Å². The second kappa shape index (κ2) is 5.61. The fraction of sp³-hybridized carbons (Fsp3) is 0.909. The van der Waals surface area contributed by atoms with E-state index in [0.29, 0.717) is 13.2 Å². The summed E-state index contributed by atoms with van der Waals surface area (Å²) in [7, 11) is 0. The zero-order chi connectivity index (χ0) is 12.3. The Morgan fingerprint density at radius 2 is 2.25 bits per heavy atom. The van der Waals surface area contributed by atoms with Crippen molar-refractivity contribution in [3.05, 3.63) is 0 Å². The quantitative estimate of drug-likeness (QED) is 0.690. The highest BCUT2D eigenvalue weighted by Gasteiger charge is 2.32. The molecule has 0 bridgehead atoms. The summed E-state index contributed by atoms with van der Waals surface area (Å²) in [6.07, 6.45) is -0.278. The molecule has 1 rings (SSSR count). The third-order valence-corrected chi connectivity index (χ3v) is 3.00. The molecule has 0 aromatic carbocycles. The van der Waals surface area contributed by atoms with Crippen molar-refractivity contribution in [3.8, 4) is 0 Å². The number of rotatable bonds is 3. The van der Waals surface area contributed by atoms with Crippen LogP contribution in [0.15, 0.2) is 0 Å². The minimum atomic E-state index is -0.472. The number of nitrogens with two attached hydrogens (primary N) is 1. The summed E-state index contributed by atoms with van der Waals surface area (Å²) in [6, 6.07) is -0.444. The van der Waals surface area contributed by atoms with Crippen LogP contribution in [-0.2, 0) is 9.53 Å². The maximum absolute atomic E-state index is 12.1. The molecule has 1 saturated heterocycles. The first-order valence-corrected chi connectivity index (χ1v) is 5.75. The molecule has 16 heavy (non-hydrogen) atoms. The van der Waals surface area contributed by atoms with Crippen LogP contribution in [0.2, 0.25) is 0 Å². The van der Waals surface area contributed by atoms with Crippen LogP contribution in [0, 0.1) is 5.92 Å². The second-order valence-electron chi connectivity index (χ2n) is 4.75. The first-order valence-electron chi connectivity index (χ1n) is 5.75. The first kappa shape index (κ1) is 13.4. The van der Waals surface area contributed by atoms with Gasteiger partial charge in [-0.2, -0.15) is 0 Å². The second-order valence-corrected chi connectivity index (χ2v) is 4.75. The van der Waals surface area contributed by atoms with Crippen LogP contribution in [0.5, 0.6) is 0 Å². The average molecular weight is 230 g/mol. The summed E-state index contributed by atoms with van der Waals surface area (Å²) in [4.78, 5) is 13.8. The molecule has 1 amide bonds. The molecule has 2 unspecified atom stereocenters. The van der Waals surface area contributed by atoms with E-state index in [4.69, 9.17) is 15.6 Å². The number of ether oxygens (including phenoxy) is 1. The topological polar surface area (TPSA) is 75.8 Å². The highest BCUT2D eigenvalue weighted by atomic mass is 16.5. The van der Waals surface area contributed by atoms with E-state index in [1.54, 1.807) is 4.90 Å². The van der Waals surface area contributed by atoms with Gasteiger partial charge in [-0.1, -0.05) is 13.8 Å². The molecule has 1 fully saturated rings. The number of aliphatic hydroxyl groups excluding tert-OH is 1. The lowest BCUT2D eigenvalue weighted by atomic mass is 10.0. The van der Waals surface area contributed by atoms with E-state index < -0.39 is 6.04 Å². The molecular weight excluding hydrogens is 208 g/mol. The minimum Gasteiger partial charge on any atom is -0.394 e. The van der Waals surface area contributed by atoms with Gasteiger partial charge in [0.05, 0.1) is 31.4 Å². The van der Waals surface area contributed by atoms with E-state index in [9.17, 15) is 4.79 Å². The van der Waals surface area contributed by atoms with Gasteiger partial charge in [0, 0.05) is 6.54 Å². The highest BCUT2D eigenvalue weighted by molar-refractivity contribution is 5.82. The lowest BCUT2D eigenvalue weighted by molar-refractivity contribution is -0.148. The van der Waals surface area contributed by atoms with Crippen LogP contribution in [0.25, 0.3) is 0 Å². The zero-order valence-electron chi connectivity index (χ0n) is 10.2. The molecule has 1 heterocycles. The van der Waals surface area contributed by atoms with Crippen molar-refractivity contribution in [1.82, 2.24) is 4.90 Å². The molecular formula is C11H22N2O3. The van der Waals surface area contributed by atoms with Crippen LogP contribution in [0.3, 0.4) is 0 Å². The Hall–Kier alpha value is -0.650. The maximum atomic E-state index is 12.1. The monoisotopic (exact) mass is 230 g/mol. The fourth-order valence-corrected chi connectivity index (χ4v) is 1.71. The van der Waals surface area contributed by atoms with E-state index in [1.165, 1.54) is 0 Å². The molecule has 0 aromatic heterocycles. The fourth-order valence-electron chi connectivity index (χ4n) is 1.71. The number of amides is 1. The van der Waals surface area contributed by atoms with E-state index in [2.05, 4.69) is 0 Å². The minimum absolute atomic E-state index is 0.0279. The van der Waals surface area contributed by atoms with E-state index in [-0.39, 0.29) is 30.6 Å². The predicted molar refractivity (Wildman–Crippen MR) is 60.8 cm³/mol. The Morgan fingerprint density at radius 1 is 1.62 bits per heavy atom. The zero-order valence-corrected chi connectivity index (χ0v) is 10.2. The molecule has 94 valence electrons. The van der Waals surface area contributed by atoms with Gasteiger partial charge < -0.3 is 20.5 Å². The number of aliphatic hydroxyl groups is 1. The van der Waals surface area contributed by atoms with Gasteiger partial charge in [0.1, 0.15) is 0 Å². The Balaban J connectivity index is 2.65. The molecule has 0 saturated carbocycles. The molecule has 0 spiro atoms. The smallest absolute Gasteiger partial charge is 0.240 e. The van der Waals surface area contributed by atoms with Gasteiger partial charge in [-0.15, -0.1) is 0 Å². The van der Waals surface area contributed by atoms with Crippen molar-refractivity contribution in [2.45, 2.75) is 39.0 Å². The Bertz CT molecular complexity index is 245. The standard InChI is InChI=1S/C11H22N2O3/c1-7(2)10(12)11(15)13-4-9(5-14)16-6-8(13)3/h7-10,14H,4-6,12H2,1-3H3/t8?,9?,10-/m1/s1. The van der Waals surface area contributed by atoms with E-state index in [1.807, 2.05) is 20.8 Å². The van der Waals surface area contributed by atoms with E-state index >= 15 is 0 Å². The SMILES string of the molecule is CC(C)[C@@H](N)C(=O)N1CC(CO)OCC1C. The van der Waals surface area contributed by atoms with Crippen LogP contribution in [-0.4, -0.2) is 53.9 Å². The maximum Gasteiger partial charge on any atom is 0.240 e. The molecule has 1 aliphatic heterocycles. The van der Waals surface area contributed by atoms with Crippen LogP contribution >= 0.6 is 0 Å². The third kappa shape index (κ3) is 2.93. The summed E-state index contributed by atoms with van der Waals surface area (Å²) < 4.78 is 5.38. The average Bonchev–Trinajstić information content (AvgIpc) is 2.27. The lowest BCUT2D eigenvalue weighted by Gasteiger charge is -2.39. The van der Waals surface area contributed by atoms with Crippen LogP contribution < -0.4 is 5.73 Å². The number of hydrogen-bond donors (Lipinski definition) is 2. The molecule has 0 aliphatic carbocycles. The molecule has 5 heteroatoms. The Morgan fingerprint density at radius 3 is 2.75 bits per heavy atom. The highest BCUT2D eigenvalue weighted by Crippen LogP contribution is 2.14. The molecule has 0 radical (unpaired) electrons. The summed E-state index contributed by atoms with van der Waals surface area (Å²) in [5.41, 5.74) is 5.85. The van der Waals surface area contributed by atoms with Gasteiger partial charge in [0.25, 0.3) is 0 Å². The number of carbonyl (C=O) groups is 1. The first-order chi connectivity index (χ1) is 7.47. The van der Waals surface area contributed by atoms with Crippen molar-refractivity contribution in [2.75, 3.05) is 19.8 Å². The molecule has 3 N–H and O–H groups in total. The third-order valence-electron chi connectivity index (χ3n) is 3.00. The van der Waals surface area contributed by atoms with Gasteiger partial charge >= 0.3 is 0 Å². The number of nitrogens with zero attached hydrogens (tertiary/aromatic N) is 1. The summed E-state index contributed by atoms with van der Waals surface area (Å²) in [5, 5.41) is 9.03. The van der Waals surface area contributed by atoms with Crippen molar-refractivity contribution in [3.63, 3.8) is 0 Å². The summed E-state index contributed by atoms with van der Waals surface area (Å²) in [6.45, 7) is 6.61. The number of morpholine rings is 1. The van der Waals surface area contributed by atoms with Gasteiger partial charge in [-0.05, 0) is 12.8 Å². The van der Waals surface area contributed by atoms with Gasteiger partial charge in [-0.3, -0.25) is 4.79 Å². The van der Waals surface area contributed by atoms with Gasteiger partial charge in [-0.25, -0.2) is 0 Å². The van der Waals surface area contributed by atoms with Gasteiger partial charge in [0.15, 0.2) is 0 Å². The molecule has 1 aliphatic rings. The van der Waals surface area contributed by atoms with Crippen molar-refractivity contribution in [2.24, 2.45) is 11.7 Å². The van der Waals surface area contributed by atoms with Crippen molar-refractivity contribution < 1.29 is 14.6 Å². The molecule has 0 aromatic rings. The van der Waals surface area contributed by atoms with Crippen LogP contribution in [0.1, 0.15) is 20.8 Å². The summed E-state index contributed by atoms with van der Waals surface area (Å²) >= 11 is 0. The van der Waals surface area contributed by atoms with Crippen molar-refractivity contribution >= 4 is 5.91 Å². The largest absolute Gasteiger partial charge is 0.394 e. The Kier molecular flexibility index (Phi) is 4.70.